The van der Waals surface area contributed by atoms with Gasteiger partial charge in [0.25, 0.3) is 0 Å². The lowest BCUT2D eigenvalue weighted by Gasteiger charge is -2.38. The Hall–Kier alpha value is -2.33. The van der Waals surface area contributed by atoms with Gasteiger partial charge in [0, 0.05) is 29.8 Å². The van der Waals surface area contributed by atoms with Crippen molar-refractivity contribution < 1.29 is 9.53 Å². The fourth-order valence-corrected chi connectivity index (χ4v) is 5.63. The van der Waals surface area contributed by atoms with Crippen molar-refractivity contribution >= 4 is 5.91 Å². The molecule has 1 fully saturated rings. The first-order valence-electron chi connectivity index (χ1n) is 13.5. The number of ether oxygens (including phenoxy) is 1. The molecular formula is C30H42N2O2. The summed E-state index contributed by atoms with van der Waals surface area (Å²) in [6, 6.07) is 16.7. The summed E-state index contributed by atoms with van der Waals surface area (Å²) in [7, 11) is 2.25. The van der Waals surface area contributed by atoms with E-state index in [2.05, 4.69) is 24.2 Å². The van der Waals surface area contributed by atoms with E-state index < -0.39 is 0 Å². The van der Waals surface area contributed by atoms with Gasteiger partial charge in [0.1, 0.15) is 11.5 Å². The van der Waals surface area contributed by atoms with Crippen LogP contribution in [0.1, 0.15) is 94.6 Å². The molecule has 2 aliphatic rings. The Morgan fingerprint density at radius 3 is 2.15 bits per heavy atom. The summed E-state index contributed by atoms with van der Waals surface area (Å²) in [5.74, 6) is 1.37. The van der Waals surface area contributed by atoms with Crippen molar-refractivity contribution in [3.63, 3.8) is 0 Å². The molecule has 2 aliphatic heterocycles. The molecule has 0 radical (unpaired) electrons. The molecule has 184 valence electrons. The lowest BCUT2D eigenvalue weighted by atomic mass is 9.86. The molecule has 0 aliphatic carbocycles. The predicted octanol–water partition coefficient (Wildman–Crippen LogP) is 7.03. The van der Waals surface area contributed by atoms with Crippen LogP contribution in [0.15, 0.2) is 48.5 Å². The van der Waals surface area contributed by atoms with Gasteiger partial charge in [-0.05, 0) is 38.4 Å². The van der Waals surface area contributed by atoms with Crippen LogP contribution >= 0.6 is 0 Å². The predicted molar refractivity (Wildman–Crippen MR) is 140 cm³/mol. The summed E-state index contributed by atoms with van der Waals surface area (Å²) in [6.45, 7) is 3.32. The molecule has 2 aromatic carbocycles. The third-order valence-electron chi connectivity index (χ3n) is 7.69. The highest BCUT2D eigenvalue weighted by atomic mass is 16.5. The van der Waals surface area contributed by atoms with Crippen LogP contribution < -0.4 is 10.1 Å². The van der Waals surface area contributed by atoms with Gasteiger partial charge in [0.15, 0.2) is 0 Å². The van der Waals surface area contributed by atoms with Crippen LogP contribution in [-0.4, -0.2) is 36.5 Å². The van der Waals surface area contributed by atoms with Crippen molar-refractivity contribution in [3.05, 3.63) is 59.7 Å². The van der Waals surface area contributed by atoms with Crippen LogP contribution in [0.4, 0.5) is 0 Å². The third-order valence-corrected chi connectivity index (χ3v) is 7.69. The highest BCUT2D eigenvalue weighted by Gasteiger charge is 2.34. The molecule has 0 bridgehead atoms. The topological polar surface area (TPSA) is 41.6 Å². The molecule has 34 heavy (non-hydrogen) atoms. The van der Waals surface area contributed by atoms with Gasteiger partial charge in [0.2, 0.25) is 5.91 Å². The van der Waals surface area contributed by atoms with Gasteiger partial charge in [0.05, 0.1) is 5.92 Å². The van der Waals surface area contributed by atoms with Crippen LogP contribution in [0.2, 0.25) is 0 Å². The van der Waals surface area contributed by atoms with Gasteiger partial charge in [-0.25, -0.2) is 0 Å². The molecule has 1 amide bonds. The quantitative estimate of drug-likeness (QED) is 0.364. The van der Waals surface area contributed by atoms with Crippen molar-refractivity contribution in [2.24, 2.45) is 0 Å². The first kappa shape index (κ1) is 24.8. The molecule has 2 aromatic rings. The summed E-state index contributed by atoms with van der Waals surface area (Å²) in [5, 5.41) is 3.43. The van der Waals surface area contributed by atoms with Gasteiger partial charge in [-0.2, -0.15) is 0 Å². The van der Waals surface area contributed by atoms with E-state index in [1.807, 2.05) is 48.5 Å². The van der Waals surface area contributed by atoms with Crippen molar-refractivity contribution in [1.29, 1.82) is 0 Å². The van der Waals surface area contributed by atoms with Gasteiger partial charge < -0.3 is 15.0 Å². The minimum Gasteiger partial charge on any atom is -0.457 e. The molecule has 4 heteroatoms. The van der Waals surface area contributed by atoms with E-state index in [0.717, 1.165) is 42.0 Å². The maximum atomic E-state index is 13.6. The van der Waals surface area contributed by atoms with E-state index in [-0.39, 0.29) is 17.9 Å². The van der Waals surface area contributed by atoms with Crippen LogP contribution in [0.25, 0.3) is 0 Å². The lowest BCUT2D eigenvalue weighted by Crippen LogP contribution is -2.49. The second-order valence-corrected chi connectivity index (χ2v) is 10.2. The monoisotopic (exact) mass is 462 g/mol. The minimum atomic E-state index is -0.313. The molecule has 0 saturated carbocycles. The molecule has 1 N–H and O–H groups in total. The smallest absolute Gasteiger partial charge is 0.232 e. The molecule has 0 spiro atoms. The third kappa shape index (κ3) is 6.21. The lowest BCUT2D eigenvalue weighted by molar-refractivity contribution is -0.123. The number of rotatable bonds is 11. The molecule has 2 unspecified atom stereocenters. The highest BCUT2D eigenvalue weighted by Crippen LogP contribution is 2.44. The van der Waals surface area contributed by atoms with Gasteiger partial charge in [-0.1, -0.05) is 94.7 Å². The Morgan fingerprint density at radius 1 is 0.912 bits per heavy atom. The number of hydrogen-bond donors (Lipinski definition) is 1. The van der Waals surface area contributed by atoms with Crippen molar-refractivity contribution in [1.82, 2.24) is 10.2 Å². The van der Waals surface area contributed by atoms with Gasteiger partial charge >= 0.3 is 0 Å². The summed E-state index contributed by atoms with van der Waals surface area (Å²) >= 11 is 0. The molecular weight excluding hydrogens is 420 g/mol. The zero-order valence-corrected chi connectivity index (χ0v) is 21.1. The summed E-state index contributed by atoms with van der Waals surface area (Å²) < 4.78 is 6.08. The van der Waals surface area contributed by atoms with E-state index in [1.54, 1.807) is 0 Å². The van der Waals surface area contributed by atoms with E-state index in [9.17, 15) is 4.79 Å². The Kier molecular flexibility index (Phi) is 9.04. The number of unbranched alkanes of at least 4 members (excludes halogenated alkanes) is 7. The number of carbonyl (C=O) groups excluding carboxylic acids is 1. The Morgan fingerprint density at radius 2 is 1.50 bits per heavy atom. The molecule has 2 heterocycles. The number of hydrogen-bond acceptors (Lipinski definition) is 3. The van der Waals surface area contributed by atoms with E-state index in [0.29, 0.717) is 6.04 Å². The maximum Gasteiger partial charge on any atom is 0.232 e. The van der Waals surface area contributed by atoms with Crippen molar-refractivity contribution in [3.8, 4) is 11.5 Å². The second kappa shape index (κ2) is 12.4. The average Bonchev–Trinajstić information content (AvgIpc) is 2.85. The van der Waals surface area contributed by atoms with Gasteiger partial charge in [-0.3, -0.25) is 4.79 Å². The van der Waals surface area contributed by atoms with E-state index in [4.69, 9.17) is 4.74 Å². The number of carbonyl (C=O) groups is 1. The Labute approximate surface area is 206 Å². The number of likely N-dealkylation sites (tertiary alicyclic amines) is 1. The number of piperidine rings is 1. The molecule has 1 saturated heterocycles. The number of benzene rings is 2. The molecule has 0 aromatic heterocycles. The number of para-hydroxylation sites is 2. The second-order valence-electron chi connectivity index (χ2n) is 10.2. The standard InChI is InChI=1S/C30H42N2O2/c1-3-4-5-6-7-8-9-10-15-24-22-23(20-21-32(24)2)31-30(33)29-25-16-11-13-18-27(25)34-28-19-14-12-17-26(28)29/h11-14,16-19,23-24,29H,3-10,15,20-22H2,1-2H3,(H,31,33). The molecule has 2 atom stereocenters. The maximum absolute atomic E-state index is 13.6. The Bertz CT molecular complexity index is 882. The van der Waals surface area contributed by atoms with Crippen molar-refractivity contribution in [2.45, 2.75) is 95.6 Å². The average molecular weight is 463 g/mol. The summed E-state index contributed by atoms with van der Waals surface area (Å²) in [6.07, 6.45) is 14.2. The first-order valence-corrected chi connectivity index (χ1v) is 13.5. The normalized spacial score (nSPS) is 20.3. The number of nitrogens with one attached hydrogen (secondary N) is 1. The van der Waals surface area contributed by atoms with Crippen LogP contribution in [0.5, 0.6) is 11.5 Å². The summed E-state index contributed by atoms with van der Waals surface area (Å²) in [4.78, 5) is 16.1. The number of amides is 1. The van der Waals surface area contributed by atoms with Crippen LogP contribution in [0, 0.1) is 0 Å². The Balaban J connectivity index is 1.31. The zero-order chi connectivity index (χ0) is 23.8. The minimum absolute atomic E-state index is 0.101. The number of fused-ring (bicyclic) bond motifs is 2. The largest absolute Gasteiger partial charge is 0.457 e. The van der Waals surface area contributed by atoms with Crippen LogP contribution in [-0.2, 0) is 4.79 Å². The first-order chi connectivity index (χ1) is 16.7. The fraction of sp³-hybridized carbons (Fsp3) is 0.567. The molecule has 4 nitrogen and oxygen atoms in total. The molecule has 4 rings (SSSR count). The van der Waals surface area contributed by atoms with Gasteiger partial charge in [-0.15, -0.1) is 0 Å². The summed E-state index contributed by atoms with van der Waals surface area (Å²) in [5.41, 5.74) is 1.92. The number of nitrogens with zero attached hydrogens (tertiary/aromatic N) is 1. The fourth-order valence-electron chi connectivity index (χ4n) is 5.63. The zero-order valence-electron chi connectivity index (χ0n) is 21.1. The van der Waals surface area contributed by atoms with Crippen molar-refractivity contribution in [2.75, 3.05) is 13.6 Å². The van der Waals surface area contributed by atoms with E-state index >= 15 is 0 Å². The highest BCUT2D eigenvalue weighted by molar-refractivity contribution is 5.89. The SMILES string of the molecule is CCCCCCCCCCC1CC(NC(=O)C2c3ccccc3Oc3ccccc32)CCN1C. The van der Waals surface area contributed by atoms with E-state index in [1.165, 1.54) is 57.8 Å². The van der Waals surface area contributed by atoms with Crippen LogP contribution in [0.3, 0.4) is 0 Å².